The molecular weight excluding hydrogens is 450 g/mol. The molecule has 0 spiro atoms. The summed E-state index contributed by atoms with van der Waals surface area (Å²) >= 11 is 0. The third-order valence-corrected chi connectivity index (χ3v) is 7.80. The Balaban J connectivity index is 4.01. The van der Waals surface area contributed by atoms with E-state index in [4.69, 9.17) is 14.3 Å². The lowest BCUT2D eigenvalue weighted by Crippen LogP contribution is -2.63. The van der Waals surface area contributed by atoms with Gasteiger partial charge < -0.3 is 30.0 Å². The molecule has 0 amide bonds. The highest BCUT2D eigenvalue weighted by Gasteiger charge is 2.63. The second-order valence-corrected chi connectivity index (χ2v) is 12.8. The Kier molecular flexibility index (Phi) is 8.42. The van der Waals surface area contributed by atoms with Crippen molar-refractivity contribution in [2.45, 2.75) is 54.1 Å². The number of allylic oxidation sites excluding steroid dienone is 2. The molecule has 12 heteroatoms. The number of phosphoric acid groups is 2. The van der Waals surface area contributed by atoms with Crippen LogP contribution in [-0.2, 0) is 18.0 Å². The largest absolute Gasteiger partial charge is 0.482 e. The minimum Gasteiger partial charge on any atom is -0.395 e. The van der Waals surface area contributed by atoms with E-state index in [0.717, 1.165) is 5.57 Å². The zero-order valence-electron chi connectivity index (χ0n) is 19.1. The van der Waals surface area contributed by atoms with Crippen molar-refractivity contribution in [2.75, 3.05) is 19.8 Å². The first-order valence-electron chi connectivity index (χ1n) is 9.79. The van der Waals surface area contributed by atoms with Gasteiger partial charge in [0.25, 0.3) is 0 Å². The maximum absolute atomic E-state index is 12.7. The van der Waals surface area contributed by atoms with E-state index in [1.807, 2.05) is 20.8 Å². The molecule has 1 aliphatic rings. The van der Waals surface area contributed by atoms with E-state index in [-0.39, 0.29) is 5.41 Å². The molecule has 0 aromatic heterocycles. The molecule has 10 nitrogen and oxygen atoms in total. The quantitative estimate of drug-likeness (QED) is 0.280. The summed E-state index contributed by atoms with van der Waals surface area (Å²) in [6.07, 6.45) is 3.44. The number of hydrogen-bond donors (Lipinski definition) is 6. The third kappa shape index (κ3) is 5.95. The van der Waals surface area contributed by atoms with Gasteiger partial charge in [-0.1, -0.05) is 60.6 Å². The molecule has 31 heavy (non-hydrogen) atoms. The van der Waals surface area contributed by atoms with E-state index < -0.39 is 57.8 Å². The SMILES string of the molecule is CC1C=C(C(C)(C)C)C=C(C(C)(C)C)C1(OP(=O)(O)OP(=O)(O)O)C(CO)(CO)CO. The summed E-state index contributed by atoms with van der Waals surface area (Å²) in [6.45, 7) is 10.3. The lowest BCUT2D eigenvalue weighted by molar-refractivity contribution is -0.149. The number of hydrogen-bond acceptors (Lipinski definition) is 7. The topological polar surface area (TPSA) is 174 Å². The summed E-state index contributed by atoms with van der Waals surface area (Å²) in [6, 6.07) is 0. The van der Waals surface area contributed by atoms with Gasteiger partial charge in [0.1, 0.15) is 5.60 Å². The Morgan fingerprint density at radius 2 is 1.39 bits per heavy atom. The summed E-state index contributed by atoms with van der Waals surface area (Å²) in [5, 5.41) is 30.7. The van der Waals surface area contributed by atoms with Gasteiger partial charge in [0.2, 0.25) is 0 Å². The van der Waals surface area contributed by atoms with E-state index in [9.17, 15) is 29.3 Å². The Morgan fingerprint density at radius 1 is 0.935 bits per heavy atom. The molecule has 3 unspecified atom stereocenters. The van der Waals surface area contributed by atoms with Crippen LogP contribution in [0.3, 0.4) is 0 Å². The molecule has 0 aromatic rings. The van der Waals surface area contributed by atoms with Crippen LogP contribution in [-0.4, -0.2) is 55.4 Å². The van der Waals surface area contributed by atoms with Gasteiger partial charge in [-0.25, -0.2) is 9.13 Å². The third-order valence-electron chi connectivity index (χ3n) is 5.61. The van der Waals surface area contributed by atoms with Crippen LogP contribution in [0.25, 0.3) is 0 Å². The van der Waals surface area contributed by atoms with Crippen molar-refractivity contribution in [3.05, 3.63) is 23.3 Å². The minimum atomic E-state index is -5.46. The molecular formula is C19H36O10P2. The second kappa shape index (κ2) is 9.11. The first-order valence-corrected chi connectivity index (χ1v) is 12.8. The molecule has 1 rings (SSSR count). The van der Waals surface area contributed by atoms with Crippen molar-refractivity contribution in [3.8, 4) is 0 Å². The van der Waals surface area contributed by atoms with Crippen LogP contribution in [0.15, 0.2) is 23.3 Å². The standard InChI is InChI=1S/C19H36O10P2/c1-13-8-14(16(2,3)4)9-15(17(5,6)7)19(13,18(10-20,11-21)12-22)28-31(26,27)29-30(23,24)25/h8-9,13,20-22H,10-12H2,1-7H3,(H,26,27)(H2,23,24,25). The molecule has 3 atom stereocenters. The number of aliphatic hydroxyl groups excluding tert-OH is 3. The van der Waals surface area contributed by atoms with Crippen molar-refractivity contribution in [2.24, 2.45) is 22.2 Å². The van der Waals surface area contributed by atoms with Crippen LogP contribution < -0.4 is 0 Å². The second-order valence-electron chi connectivity index (χ2n) is 10.1. The molecule has 0 aromatic carbocycles. The predicted octanol–water partition coefficient (Wildman–Crippen LogP) is 2.51. The first-order chi connectivity index (χ1) is 13.7. The fraction of sp³-hybridized carbons (Fsp3) is 0.789. The average Bonchev–Trinajstić information content (AvgIpc) is 2.54. The molecule has 0 saturated heterocycles. The van der Waals surface area contributed by atoms with Gasteiger partial charge >= 0.3 is 15.6 Å². The fourth-order valence-electron chi connectivity index (χ4n) is 4.02. The zero-order valence-corrected chi connectivity index (χ0v) is 20.9. The van der Waals surface area contributed by atoms with Gasteiger partial charge in [0.05, 0.1) is 25.2 Å². The van der Waals surface area contributed by atoms with Crippen LogP contribution in [0, 0.1) is 22.2 Å². The van der Waals surface area contributed by atoms with Crippen LogP contribution in [0.1, 0.15) is 48.5 Å². The number of aliphatic hydroxyl groups is 3. The Labute approximate surface area is 183 Å². The van der Waals surface area contributed by atoms with Crippen LogP contribution in [0.2, 0.25) is 0 Å². The van der Waals surface area contributed by atoms with E-state index >= 15 is 0 Å². The maximum atomic E-state index is 12.7. The molecule has 6 N–H and O–H groups in total. The summed E-state index contributed by atoms with van der Waals surface area (Å²) in [5.41, 5.74) is -3.88. The fourth-order valence-corrected chi connectivity index (χ4v) is 6.05. The minimum absolute atomic E-state index is 0.345. The zero-order chi connectivity index (χ0) is 24.7. The van der Waals surface area contributed by atoms with Crippen LogP contribution >= 0.6 is 15.6 Å². The van der Waals surface area contributed by atoms with Crippen molar-refractivity contribution < 1.29 is 48.0 Å². The van der Waals surface area contributed by atoms with E-state index in [0.29, 0.717) is 5.57 Å². The Hall–Kier alpha value is -0.380. The van der Waals surface area contributed by atoms with Gasteiger partial charge in [-0.3, -0.25) is 4.52 Å². The van der Waals surface area contributed by atoms with E-state index in [2.05, 4.69) is 4.31 Å². The van der Waals surface area contributed by atoms with Crippen LogP contribution in [0.4, 0.5) is 0 Å². The normalized spacial score (nSPS) is 25.6. The molecule has 0 radical (unpaired) electrons. The smallest absolute Gasteiger partial charge is 0.395 e. The van der Waals surface area contributed by atoms with Gasteiger partial charge in [-0.15, -0.1) is 0 Å². The summed E-state index contributed by atoms with van der Waals surface area (Å²) in [5.74, 6) is -0.826. The molecule has 0 fully saturated rings. The predicted molar refractivity (Wildman–Crippen MR) is 115 cm³/mol. The molecule has 0 saturated carbocycles. The number of rotatable bonds is 8. The van der Waals surface area contributed by atoms with Crippen molar-refractivity contribution in [1.29, 1.82) is 0 Å². The first kappa shape index (κ1) is 28.7. The van der Waals surface area contributed by atoms with Gasteiger partial charge in [-0.05, 0) is 22.0 Å². The summed E-state index contributed by atoms with van der Waals surface area (Å²) in [4.78, 5) is 28.4. The van der Waals surface area contributed by atoms with E-state index in [1.165, 1.54) is 0 Å². The summed E-state index contributed by atoms with van der Waals surface area (Å²) < 4.78 is 33.5. The number of phosphoric ester groups is 1. The molecule has 1 aliphatic carbocycles. The lowest BCUT2D eigenvalue weighted by atomic mass is 9.55. The molecule has 0 bridgehead atoms. The Bertz CT molecular complexity index is 802. The van der Waals surface area contributed by atoms with Crippen molar-refractivity contribution in [1.82, 2.24) is 0 Å². The molecule has 0 aliphatic heterocycles. The molecule has 0 heterocycles. The van der Waals surface area contributed by atoms with Crippen molar-refractivity contribution >= 4 is 15.6 Å². The van der Waals surface area contributed by atoms with Gasteiger partial charge in [0, 0.05) is 5.92 Å². The van der Waals surface area contributed by atoms with Crippen LogP contribution in [0.5, 0.6) is 0 Å². The maximum Gasteiger partial charge on any atom is 0.482 e. The average molecular weight is 486 g/mol. The van der Waals surface area contributed by atoms with E-state index in [1.54, 1.807) is 39.8 Å². The van der Waals surface area contributed by atoms with Gasteiger partial charge in [-0.2, -0.15) is 4.31 Å². The highest BCUT2D eigenvalue weighted by atomic mass is 31.3. The molecule has 182 valence electrons. The van der Waals surface area contributed by atoms with Gasteiger partial charge in [0.15, 0.2) is 0 Å². The monoisotopic (exact) mass is 486 g/mol. The highest BCUT2D eigenvalue weighted by molar-refractivity contribution is 7.60. The highest BCUT2D eigenvalue weighted by Crippen LogP contribution is 2.66. The summed E-state index contributed by atoms with van der Waals surface area (Å²) in [7, 11) is -10.9. The van der Waals surface area contributed by atoms with Crippen molar-refractivity contribution in [3.63, 3.8) is 0 Å². The Morgan fingerprint density at radius 3 is 1.71 bits per heavy atom. The lowest BCUT2D eigenvalue weighted by Gasteiger charge is -2.56.